The number of fused-ring (bicyclic) bond motifs is 1. The zero-order valence-electron chi connectivity index (χ0n) is 17.4. The van der Waals surface area contributed by atoms with Crippen LogP contribution < -0.4 is 5.32 Å². The van der Waals surface area contributed by atoms with Gasteiger partial charge in [0.15, 0.2) is 5.17 Å². The van der Waals surface area contributed by atoms with E-state index in [-0.39, 0.29) is 5.91 Å². The number of amides is 1. The van der Waals surface area contributed by atoms with E-state index in [1.165, 1.54) is 17.3 Å². The molecule has 1 aliphatic heterocycles. The van der Waals surface area contributed by atoms with E-state index >= 15 is 0 Å². The number of halogens is 1. The van der Waals surface area contributed by atoms with E-state index in [0.29, 0.717) is 15.1 Å². The molecule has 6 heteroatoms. The Morgan fingerprint density at radius 2 is 1.81 bits per heavy atom. The van der Waals surface area contributed by atoms with Gasteiger partial charge in [0, 0.05) is 34.2 Å². The molecule has 0 atom stereocenters. The zero-order valence-corrected chi connectivity index (χ0v) is 19.0. The number of hydrogen-bond donors (Lipinski definition) is 1. The van der Waals surface area contributed by atoms with Crippen molar-refractivity contribution in [1.29, 1.82) is 0 Å². The molecular weight excluding hydrogens is 438 g/mol. The minimum absolute atomic E-state index is 0.145. The topological polar surface area (TPSA) is 46.4 Å². The fourth-order valence-corrected chi connectivity index (χ4v) is 4.74. The lowest BCUT2D eigenvalue weighted by Crippen LogP contribution is -2.19. The maximum atomic E-state index is 12.7. The van der Waals surface area contributed by atoms with Crippen LogP contribution in [0.25, 0.3) is 17.0 Å². The Balaban J connectivity index is 1.48. The van der Waals surface area contributed by atoms with Crippen molar-refractivity contribution in [1.82, 2.24) is 9.88 Å². The molecule has 0 spiro atoms. The Bertz CT molecular complexity index is 1390. The molecule has 1 saturated heterocycles. The molecule has 1 amide bonds. The van der Waals surface area contributed by atoms with Gasteiger partial charge in [-0.15, -0.1) is 0 Å². The van der Waals surface area contributed by atoms with Crippen molar-refractivity contribution in [3.8, 4) is 0 Å². The second kappa shape index (κ2) is 8.69. The fraction of sp³-hybridized carbons (Fsp3) is 0.0769. The zero-order chi connectivity index (χ0) is 22.1. The molecule has 0 saturated carbocycles. The lowest BCUT2D eigenvalue weighted by atomic mass is 10.1. The number of aromatic nitrogens is 1. The van der Waals surface area contributed by atoms with Gasteiger partial charge in [-0.25, -0.2) is 4.99 Å². The summed E-state index contributed by atoms with van der Waals surface area (Å²) in [6.07, 6.45) is 4.05. The van der Waals surface area contributed by atoms with Crippen LogP contribution in [0.4, 0.5) is 5.69 Å². The summed E-state index contributed by atoms with van der Waals surface area (Å²) in [7, 11) is 0. The summed E-state index contributed by atoms with van der Waals surface area (Å²) in [6, 6.07) is 24.2. The molecule has 4 nitrogen and oxygen atoms in total. The summed E-state index contributed by atoms with van der Waals surface area (Å²) in [6.45, 7) is 2.69. The van der Waals surface area contributed by atoms with Gasteiger partial charge in [0.05, 0.1) is 10.6 Å². The van der Waals surface area contributed by atoms with E-state index in [1.807, 2.05) is 61.5 Å². The Hall–Kier alpha value is -3.28. The number of carbonyl (C=O) groups excluding carboxylic acids is 1. The summed E-state index contributed by atoms with van der Waals surface area (Å²) < 4.78 is 2.22. The average Bonchev–Trinajstić information content (AvgIpc) is 3.32. The van der Waals surface area contributed by atoms with Crippen LogP contribution in [0, 0.1) is 6.92 Å². The molecular formula is C26H20ClN3OS. The molecule has 0 bridgehead atoms. The average molecular weight is 458 g/mol. The van der Waals surface area contributed by atoms with Gasteiger partial charge in [0.25, 0.3) is 5.91 Å². The molecule has 4 aromatic rings. The first-order valence-electron chi connectivity index (χ1n) is 10.2. The Kier molecular flexibility index (Phi) is 5.60. The molecule has 1 N–H and O–H groups in total. The monoisotopic (exact) mass is 457 g/mol. The normalized spacial score (nSPS) is 16.2. The first-order chi connectivity index (χ1) is 15.6. The fourth-order valence-electron chi connectivity index (χ4n) is 3.75. The number of carbonyl (C=O) groups is 1. The minimum atomic E-state index is -0.145. The first kappa shape index (κ1) is 20.6. The van der Waals surface area contributed by atoms with Crippen LogP contribution in [0.3, 0.4) is 0 Å². The molecule has 0 unspecified atom stereocenters. The maximum absolute atomic E-state index is 12.7. The van der Waals surface area contributed by atoms with Gasteiger partial charge >= 0.3 is 0 Å². The van der Waals surface area contributed by atoms with Gasteiger partial charge in [-0.3, -0.25) is 4.79 Å². The Morgan fingerprint density at radius 3 is 2.66 bits per heavy atom. The number of amidine groups is 1. The van der Waals surface area contributed by atoms with E-state index in [1.54, 1.807) is 0 Å². The number of hydrogen-bond acceptors (Lipinski definition) is 3. The number of rotatable bonds is 4. The third-order valence-electron chi connectivity index (χ3n) is 5.41. The van der Waals surface area contributed by atoms with E-state index in [9.17, 15) is 4.79 Å². The van der Waals surface area contributed by atoms with Crippen molar-refractivity contribution in [2.24, 2.45) is 4.99 Å². The van der Waals surface area contributed by atoms with Crippen LogP contribution in [0.5, 0.6) is 0 Å². The molecule has 3 aromatic carbocycles. The molecule has 32 heavy (non-hydrogen) atoms. The van der Waals surface area contributed by atoms with Gasteiger partial charge in [-0.1, -0.05) is 66.2 Å². The van der Waals surface area contributed by atoms with Gasteiger partial charge in [0.1, 0.15) is 0 Å². The SMILES string of the molecule is Cc1c(Cl)cccc1N=C1NC(=O)/C(=C\c2cn(Cc3ccccc3)c3ccccc23)S1. The van der Waals surface area contributed by atoms with Gasteiger partial charge in [0.2, 0.25) is 0 Å². The van der Waals surface area contributed by atoms with E-state index < -0.39 is 0 Å². The lowest BCUT2D eigenvalue weighted by Gasteiger charge is -2.05. The van der Waals surface area contributed by atoms with Crippen molar-refractivity contribution >= 4 is 57.1 Å². The highest BCUT2D eigenvalue weighted by molar-refractivity contribution is 8.18. The van der Waals surface area contributed by atoms with Crippen LogP contribution in [-0.2, 0) is 11.3 Å². The molecule has 1 aliphatic rings. The molecule has 1 fully saturated rings. The summed E-state index contributed by atoms with van der Waals surface area (Å²) >= 11 is 7.55. The molecule has 158 valence electrons. The van der Waals surface area contributed by atoms with Gasteiger partial charge in [-0.2, -0.15) is 0 Å². The van der Waals surface area contributed by atoms with E-state index in [0.717, 1.165) is 34.3 Å². The van der Waals surface area contributed by atoms with Crippen molar-refractivity contribution in [3.63, 3.8) is 0 Å². The van der Waals surface area contributed by atoms with Crippen molar-refractivity contribution in [2.45, 2.75) is 13.5 Å². The predicted octanol–water partition coefficient (Wildman–Crippen LogP) is 6.54. The number of nitrogens with zero attached hydrogens (tertiary/aromatic N) is 2. The van der Waals surface area contributed by atoms with Crippen molar-refractivity contribution < 1.29 is 4.79 Å². The first-order valence-corrected chi connectivity index (χ1v) is 11.4. The molecule has 0 aliphatic carbocycles. The number of para-hydroxylation sites is 1. The number of benzene rings is 3. The van der Waals surface area contributed by atoms with Crippen LogP contribution in [0.1, 0.15) is 16.7 Å². The smallest absolute Gasteiger partial charge is 0.264 e. The largest absolute Gasteiger partial charge is 0.342 e. The van der Waals surface area contributed by atoms with Gasteiger partial charge in [-0.05, 0) is 54.1 Å². The van der Waals surface area contributed by atoms with Gasteiger partial charge < -0.3 is 9.88 Å². The highest BCUT2D eigenvalue weighted by Crippen LogP contribution is 2.33. The third kappa shape index (κ3) is 4.09. The van der Waals surface area contributed by atoms with Crippen LogP contribution in [-0.4, -0.2) is 15.6 Å². The second-order valence-electron chi connectivity index (χ2n) is 7.58. The van der Waals surface area contributed by atoms with E-state index in [4.69, 9.17) is 11.6 Å². The lowest BCUT2D eigenvalue weighted by molar-refractivity contribution is -0.115. The number of nitrogens with one attached hydrogen (secondary N) is 1. The van der Waals surface area contributed by atoms with Crippen LogP contribution >= 0.6 is 23.4 Å². The Morgan fingerprint density at radius 1 is 1.03 bits per heavy atom. The summed E-state index contributed by atoms with van der Waals surface area (Å²) in [5.41, 5.74) is 5.01. The van der Waals surface area contributed by atoms with Crippen LogP contribution in [0.2, 0.25) is 5.02 Å². The van der Waals surface area contributed by atoms with Crippen LogP contribution in [0.15, 0.2) is 88.9 Å². The molecule has 1 aromatic heterocycles. The molecule has 5 rings (SSSR count). The standard InChI is InChI=1S/C26H20ClN3OS/c1-17-21(27)11-7-12-22(17)28-26-29-25(31)24(32-26)14-19-16-30(15-18-8-3-2-4-9-18)23-13-6-5-10-20(19)23/h2-14,16H,15H2,1H3,(H,28,29,31)/b24-14+. The second-order valence-corrected chi connectivity index (χ2v) is 9.02. The quantitative estimate of drug-likeness (QED) is 0.353. The number of thioether (sulfide) groups is 1. The highest BCUT2D eigenvalue weighted by Gasteiger charge is 2.24. The number of aliphatic imine (C=N–C) groups is 1. The summed E-state index contributed by atoms with van der Waals surface area (Å²) in [5.74, 6) is -0.145. The summed E-state index contributed by atoms with van der Waals surface area (Å²) in [4.78, 5) is 17.9. The third-order valence-corrected chi connectivity index (χ3v) is 6.73. The molecule has 0 radical (unpaired) electrons. The summed E-state index contributed by atoms with van der Waals surface area (Å²) in [5, 5.41) is 5.19. The highest BCUT2D eigenvalue weighted by atomic mass is 35.5. The minimum Gasteiger partial charge on any atom is -0.342 e. The predicted molar refractivity (Wildman–Crippen MR) is 134 cm³/mol. The van der Waals surface area contributed by atoms with E-state index in [2.05, 4.69) is 45.3 Å². The van der Waals surface area contributed by atoms with Crippen molar-refractivity contribution in [2.75, 3.05) is 0 Å². The Labute approximate surface area is 195 Å². The maximum Gasteiger partial charge on any atom is 0.264 e. The molecule has 2 heterocycles. The van der Waals surface area contributed by atoms with Crippen molar-refractivity contribution in [3.05, 3.63) is 106 Å².